The molecule has 2 heterocycles. The Morgan fingerprint density at radius 2 is 1.96 bits per heavy atom. The van der Waals surface area contributed by atoms with Gasteiger partial charge in [-0.25, -0.2) is 13.4 Å². The number of rotatable bonds is 4. The van der Waals surface area contributed by atoms with Crippen LogP contribution < -0.4 is 4.90 Å². The van der Waals surface area contributed by atoms with Gasteiger partial charge in [0.2, 0.25) is 11.8 Å². The van der Waals surface area contributed by atoms with Crippen molar-refractivity contribution in [2.75, 3.05) is 37.0 Å². The van der Waals surface area contributed by atoms with E-state index in [2.05, 4.69) is 0 Å². The molecular weight excluding hydrogens is 378 g/mol. The maximum absolute atomic E-state index is 13.1. The van der Waals surface area contributed by atoms with Crippen molar-refractivity contribution in [2.24, 2.45) is 5.92 Å². The fraction of sp³-hybridized carbons (Fsp3) is 0.529. The molecule has 0 N–H and O–H groups in total. The number of hydrazine groups is 1. The number of hydrogen-bond acceptors (Lipinski definition) is 5. The normalized spacial score (nSPS) is 25.1. The first-order valence-corrected chi connectivity index (χ1v) is 10.6. The molecule has 0 bridgehead atoms. The quantitative estimate of drug-likeness (QED) is 0.710. The highest BCUT2D eigenvalue weighted by Gasteiger charge is 2.42. The molecule has 3 rings (SSSR count). The fourth-order valence-corrected chi connectivity index (χ4v) is 5.57. The highest BCUT2D eigenvalue weighted by Crippen LogP contribution is 2.32. The maximum Gasteiger partial charge on any atom is 0.242 e. The Kier molecular flexibility index (Phi) is 5.28. The van der Waals surface area contributed by atoms with Crippen molar-refractivity contribution >= 4 is 38.9 Å². The maximum atomic E-state index is 13.1. The summed E-state index contributed by atoms with van der Waals surface area (Å²) in [6.07, 6.45) is 0.509. The Labute approximate surface area is 158 Å². The Hall–Kier alpha value is -1.64. The second-order valence-electron chi connectivity index (χ2n) is 6.94. The lowest BCUT2D eigenvalue weighted by molar-refractivity contribution is -0.153. The van der Waals surface area contributed by atoms with E-state index >= 15 is 0 Å². The van der Waals surface area contributed by atoms with Gasteiger partial charge >= 0.3 is 0 Å². The topological polar surface area (TPSA) is 78.0 Å². The summed E-state index contributed by atoms with van der Waals surface area (Å²) in [5.74, 6) is -0.852. The Morgan fingerprint density at radius 3 is 2.54 bits per heavy atom. The van der Waals surface area contributed by atoms with Crippen LogP contribution in [0.5, 0.6) is 0 Å². The van der Waals surface area contributed by atoms with Crippen LogP contribution in [-0.2, 0) is 19.4 Å². The summed E-state index contributed by atoms with van der Waals surface area (Å²) >= 11 is 6.18. The largest absolute Gasteiger partial charge is 0.310 e. The highest BCUT2D eigenvalue weighted by molar-refractivity contribution is 7.91. The van der Waals surface area contributed by atoms with E-state index in [1.165, 1.54) is 9.91 Å². The van der Waals surface area contributed by atoms with Crippen molar-refractivity contribution in [1.29, 1.82) is 0 Å². The SMILES string of the molecule is CN(C)N(C(=O)C1CC(=O)N(c2ccccc2Cl)C1)C1CCS(=O)(=O)C1. The van der Waals surface area contributed by atoms with E-state index in [4.69, 9.17) is 11.6 Å². The fourth-order valence-electron chi connectivity index (χ4n) is 3.64. The number of nitrogens with zero attached hydrogens (tertiary/aromatic N) is 3. The molecule has 1 aromatic carbocycles. The van der Waals surface area contributed by atoms with Crippen molar-refractivity contribution in [3.63, 3.8) is 0 Å². The lowest BCUT2D eigenvalue weighted by Gasteiger charge is -2.35. The molecule has 2 aliphatic heterocycles. The summed E-state index contributed by atoms with van der Waals surface area (Å²) in [6, 6.07) is 6.64. The van der Waals surface area contributed by atoms with Gasteiger partial charge in [-0.15, -0.1) is 0 Å². The van der Waals surface area contributed by atoms with Gasteiger partial charge in [-0.05, 0) is 18.6 Å². The smallest absolute Gasteiger partial charge is 0.242 e. The van der Waals surface area contributed by atoms with E-state index in [1.807, 2.05) is 0 Å². The average Bonchev–Trinajstić information content (AvgIpc) is 3.10. The summed E-state index contributed by atoms with van der Waals surface area (Å²) in [5.41, 5.74) is 0.592. The van der Waals surface area contributed by atoms with Crippen molar-refractivity contribution in [1.82, 2.24) is 10.0 Å². The molecule has 2 atom stereocenters. The number of carbonyl (C=O) groups excluding carboxylic acids is 2. The minimum atomic E-state index is -3.12. The number of anilines is 1. The summed E-state index contributed by atoms with van der Waals surface area (Å²) in [4.78, 5) is 27.0. The molecule has 1 aromatic rings. The lowest BCUT2D eigenvalue weighted by Crippen LogP contribution is -2.52. The summed E-state index contributed by atoms with van der Waals surface area (Å²) in [7, 11) is 0.311. The Bertz CT molecular complexity index is 827. The minimum absolute atomic E-state index is 0.0359. The number of para-hydroxylation sites is 1. The number of amides is 2. The van der Waals surface area contributed by atoms with Crippen LogP contribution in [0.25, 0.3) is 0 Å². The summed E-state index contributed by atoms with van der Waals surface area (Å²) < 4.78 is 23.6. The third kappa shape index (κ3) is 3.72. The molecule has 9 heteroatoms. The third-order valence-corrected chi connectivity index (χ3v) is 6.90. The molecular formula is C17H22ClN3O4S. The standard InChI is InChI=1S/C17H22ClN3O4S/c1-19(2)21(13-7-8-26(24,25)11-13)17(23)12-9-16(22)20(10-12)15-6-4-3-5-14(15)18/h3-6,12-13H,7-11H2,1-2H3. The molecule has 0 radical (unpaired) electrons. The van der Waals surface area contributed by atoms with Gasteiger partial charge in [-0.2, -0.15) is 0 Å². The summed E-state index contributed by atoms with van der Waals surface area (Å²) in [6.45, 7) is 0.241. The van der Waals surface area contributed by atoms with Gasteiger partial charge in [0.25, 0.3) is 0 Å². The Morgan fingerprint density at radius 1 is 1.27 bits per heavy atom. The van der Waals surface area contributed by atoms with Crippen molar-refractivity contribution in [2.45, 2.75) is 18.9 Å². The first kappa shape index (κ1) is 19.1. The molecule has 2 fully saturated rings. The molecule has 142 valence electrons. The van der Waals surface area contributed by atoms with Gasteiger partial charge in [0.1, 0.15) is 0 Å². The van der Waals surface area contributed by atoms with Crippen LogP contribution in [0.4, 0.5) is 5.69 Å². The van der Waals surface area contributed by atoms with E-state index in [9.17, 15) is 18.0 Å². The van der Waals surface area contributed by atoms with Gasteiger partial charge in [-0.1, -0.05) is 23.7 Å². The summed E-state index contributed by atoms with van der Waals surface area (Å²) in [5, 5.41) is 3.58. The number of benzene rings is 1. The monoisotopic (exact) mass is 399 g/mol. The van der Waals surface area contributed by atoms with E-state index in [0.717, 1.165) is 0 Å². The van der Waals surface area contributed by atoms with Gasteiger partial charge in [0.15, 0.2) is 9.84 Å². The predicted octanol–water partition coefficient (Wildman–Crippen LogP) is 1.19. The predicted molar refractivity (Wildman–Crippen MR) is 99.5 cm³/mol. The number of sulfone groups is 1. The molecule has 0 saturated carbocycles. The first-order valence-electron chi connectivity index (χ1n) is 8.45. The number of hydrogen-bond donors (Lipinski definition) is 0. The molecule has 2 unspecified atom stereocenters. The second kappa shape index (κ2) is 7.17. The van der Waals surface area contributed by atoms with Crippen LogP contribution in [0.2, 0.25) is 5.02 Å². The number of halogens is 1. The first-order chi connectivity index (χ1) is 12.2. The lowest BCUT2D eigenvalue weighted by atomic mass is 10.1. The van der Waals surface area contributed by atoms with Gasteiger partial charge in [0.05, 0.1) is 34.2 Å². The van der Waals surface area contributed by atoms with E-state index in [0.29, 0.717) is 17.1 Å². The van der Waals surface area contributed by atoms with Crippen molar-refractivity contribution in [3.8, 4) is 0 Å². The zero-order valence-corrected chi connectivity index (χ0v) is 16.3. The van der Waals surface area contributed by atoms with E-state index in [-0.39, 0.29) is 42.3 Å². The van der Waals surface area contributed by atoms with Crippen LogP contribution in [0, 0.1) is 5.92 Å². The van der Waals surface area contributed by atoms with Crippen LogP contribution >= 0.6 is 11.6 Å². The Balaban J connectivity index is 1.79. The zero-order chi connectivity index (χ0) is 19.1. The van der Waals surface area contributed by atoms with Gasteiger partial charge < -0.3 is 4.90 Å². The van der Waals surface area contributed by atoms with Crippen LogP contribution in [-0.4, -0.2) is 68.4 Å². The van der Waals surface area contributed by atoms with Crippen molar-refractivity contribution in [3.05, 3.63) is 29.3 Å². The second-order valence-corrected chi connectivity index (χ2v) is 9.58. The van der Waals surface area contributed by atoms with Crippen LogP contribution in [0.15, 0.2) is 24.3 Å². The zero-order valence-electron chi connectivity index (χ0n) is 14.8. The van der Waals surface area contributed by atoms with E-state index < -0.39 is 15.8 Å². The molecule has 26 heavy (non-hydrogen) atoms. The molecule has 0 aromatic heterocycles. The molecule has 0 spiro atoms. The molecule has 2 aliphatic rings. The average molecular weight is 400 g/mol. The van der Waals surface area contributed by atoms with Gasteiger partial charge in [-0.3, -0.25) is 14.6 Å². The van der Waals surface area contributed by atoms with Crippen molar-refractivity contribution < 1.29 is 18.0 Å². The third-order valence-electron chi connectivity index (χ3n) is 4.83. The minimum Gasteiger partial charge on any atom is -0.310 e. The number of carbonyl (C=O) groups is 2. The van der Waals surface area contributed by atoms with E-state index in [1.54, 1.807) is 43.4 Å². The molecule has 2 amide bonds. The van der Waals surface area contributed by atoms with Crippen LogP contribution in [0.3, 0.4) is 0 Å². The highest BCUT2D eigenvalue weighted by atomic mass is 35.5. The molecule has 2 saturated heterocycles. The molecule has 7 nitrogen and oxygen atoms in total. The van der Waals surface area contributed by atoms with Crippen LogP contribution in [0.1, 0.15) is 12.8 Å². The molecule has 0 aliphatic carbocycles. The van der Waals surface area contributed by atoms with Gasteiger partial charge in [0, 0.05) is 27.1 Å².